The first-order valence-corrected chi connectivity index (χ1v) is 4.75. The Morgan fingerprint density at radius 1 is 1.54 bits per heavy atom. The molecular formula is C9H11BrFNO. The molecule has 0 bridgehead atoms. The standard InChI is InChI=1S/C9H11BrFNO/c10-7-2-1-6(9(11)4-7)3-8(13)5-12/h1-2,4,8,13H,3,5,12H2. The molecule has 0 saturated heterocycles. The Labute approximate surface area is 84.7 Å². The summed E-state index contributed by atoms with van der Waals surface area (Å²) < 4.78 is 13.9. The lowest BCUT2D eigenvalue weighted by molar-refractivity contribution is 0.182. The maximum atomic E-state index is 13.2. The zero-order valence-electron chi connectivity index (χ0n) is 7.00. The second-order valence-electron chi connectivity index (χ2n) is 2.83. The molecule has 1 aromatic rings. The summed E-state index contributed by atoms with van der Waals surface area (Å²) in [5.41, 5.74) is 5.71. The van der Waals surface area contributed by atoms with Gasteiger partial charge < -0.3 is 10.8 Å². The molecule has 1 unspecified atom stereocenters. The first kappa shape index (κ1) is 10.6. The highest BCUT2D eigenvalue weighted by Crippen LogP contribution is 2.16. The minimum Gasteiger partial charge on any atom is -0.391 e. The molecule has 0 aliphatic heterocycles. The monoisotopic (exact) mass is 247 g/mol. The van der Waals surface area contributed by atoms with E-state index in [1.807, 2.05) is 0 Å². The highest BCUT2D eigenvalue weighted by Gasteiger charge is 2.07. The van der Waals surface area contributed by atoms with Crippen molar-refractivity contribution >= 4 is 15.9 Å². The SMILES string of the molecule is NCC(O)Cc1ccc(Br)cc1F. The van der Waals surface area contributed by atoms with Crippen molar-refractivity contribution in [1.82, 2.24) is 0 Å². The van der Waals surface area contributed by atoms with Crippen LogP contribution < -0.4 is 5.73 Å². The van der Waals surface area contributed by atoms with Gasteiger partial charge in [0.2, 0.25) is 0 Å². The number of hydrogen-bond acceptors (Lipinski definition) is 2. The number of halogens is 2. The van der Waals surface area contributed by atoms with Gasteiger partial charge in [0.05, 0.1) is 6.10 Å². The number of rotatable bonds is 3. The second kappa shape index (κ2) is 4.69. The fourth-order valence-corrected chi connectivity index (χ4v) is 1.36. The van der Waals surface area contributed by atoms with Gasteiger partial charge in [0.25, 0.3) is 0 Å². The Morgan fingerprint density at radius 3 is 2.77 bits per heavy atom. The maximum absolute atomic E-state index is 13.2. The molecule has 2 nitrogen and oxygen atoms in total. The van der Waals surface area contributed by atoms with E-state index in [1.165, 1.54) is 6.07 Å². The van der Waals surface area contributed by atoms with Crippen molar-refractivity contribution in [2.24, 2.45) is 5.73 Å². The summed E-state index contributed by atoms with van der Waals surface area (Å²) in [7, 11) is 0. The van der Waals surface area contributed by atoms with Gasteiger partial charge in [-0.2, -0.15) is 0 Å². The lowest BCUT2D eigenvalue weighted by atomic mass is 10.1. The quantitative estimate of drug-likeness (QED) is 0.850. The molecule has 0 aliphatic rings. The van der Waals surface area contributed by atoms with Gasteiger partial charge in [0.15, 0.2) is 0 Å². The van der Waals surface area contributed by atoms with Crippen molar-refractivity contribution in [3.8, 4) is 0 Å². The molecule has 0 heterocycles. The van der Waals surface area contributed by atoms with Gasteiger partial charge in [-0.15, -0.1) is 0 Å². The maximum Gasteiger partial charge on any atom is 0.127 e. The highest BCUT2D eigenvalue weighted by atomic mass is 79.9. The number of benzene rings is 1. The minimum absolute atomic E-state index is 0.148. The lowest BCUT2D eigenvalue weighted by Crippen LogP contribution is -2.22. The number of nitrogens with two attached hydrogens (primary N) is 1. The van der Waals surface area contributed by atoms with Crippen LogP contribution in [0.1, 0.15) is 5.56 Å². The highest BCUT2D eigenvalue weighted by molar-refractivity contribution is 9.10. The minimum atomic E-state index is -0.671. The molecule has 1 aromatic carbocycles. The molecule has 72 valence electrons. The van der Waals surface area contributed by atoms with Crippen LogP contribution >= 0.6 is 15.9 Å². The van der Waals surface area contributed by atoms with Crippen molar-refractivity contribution in [2.45, 2.75) is 12.5 Å². The summed E-state index contributed by atoms with van der Waals surface area (Å²) in [5.74, 6) is -0.318. The van der Waals surface area contributed by atoms with E-state index < -0.39 is 6.10 Å². The molecule has 3 N–H and O–H groups in total. The zero-order chi connectivity index (χ0) is 9.84. The average Bonchev–Trinajstić information content (AvgIpc) is 2.09. The smallest absolute Gasteiger partial charge is 0.127 e. The van der Waals surface area contributed by atoms with Crippen LogP contribution in [0.15, 0.2) is 22.7 Å². The van der Waals surface area contributed by atoms with Gasteiger partial charge in [-0.05, 0) is 17.7 Å². The normalized spacial score (nSPS) is 12.9. The van der Waals surface area contributed by atoms with Crippen LogP contribution in [0.5, 0.6) is 0 Å². The molecule has 1 atom stereocenters. The fraction of sp³-hybridized carbons (Fsp3) is 0.333. The zero-order valence-corrected chi connectivity index (χ0v) is 8.59. The van der Waals surface area contributed by atoms with Crippen LogP contribution in [0.3, 0.4) is 0 Å². The number of hydrogen-bond donors (Lipinski definition) is 2. The van der Waals surface area contributed by atoms with E-state index in [2.05, 4.69) is 15.9 Å². The van der Waals surface area contributed by atoms with Crippen LogP contribution in [0.4, 0.5) is 4.39 Å². The van der Waals surface area contributed by atoms with E-state index in [9.17, 15) is 9.50 Å². The summed E-state index contributed by atoms with van der Waals surface area (Å²) >= 11 is 3.15. The summed E-state index contributed by atoms with van der Waals surface area (Å²) in [6.45, 7) is 0.148. The molecule has 0 spiro atoms. The van der Waals surface area contributed by atoms with Crippen molar-refractivity contribution in [3.05, 3.63) is 34.1 Å². The Kier molecular flexibility index (Phi) is 3.84. The van der Waals surface area contributed by atoms with Crippen molar-refractivity contribution < 1.29 is 9.50 Å². The number of aliphatic hydroxyl groups is 1. The summed E-state index contributed by atoms with van der Waals surface area (Å²) in [6.07, 6.45) is -0.411. The van der Waals surface area contributed by atoms with Crippen LogP contribution in [0, 0.1) is 5.82 Å². The average molecular weight is 248 g/mol. The van der Waals surface area contributed by atoms with Crippen molar-refractivity contribution in [2.75, 3.05) is 6.54 Å². The van der Waals surface area contributed by atoms with Crippen LogP contribution in [-0.4, -0.2) is 17.8 Å². The van der Waals surface area contributed by atoms with E-state index in [4.69, 9.17) is 5.73 Å². The Morgan fingerprint density at radius 2 is 2.23 bits per heavy atom. The Hall–Kier alpha value is -0.450. The molecule has 0 amide bonds. The Bertz CT molecular complexity index is 293. The molecule has 0 saturated carbocycles. The first-order chi connectivity index (χ1) is 6.13. The summed E-state index contributed by atoms with van der Waals surface area (Å²) in [6, 6.07) is 4.75. The van der Waals surface area contributed by atoms with E-state index in [1.54, 1.807) is 12.1 Å². The van der Waals surface area contributed by atoms with Gasteiger partial charge in [-0.1, -0.05) is 22.0 Å². The molecule has 0 aliphatic carbocycles. The molecule has 13 heavy (non-hydrogen) atoms. The predicted molar refractivity (Wildman–Crippen MR) is 52.9 cm³/mol. The molecular weight excluding hydrogens is 237 g/mol. The van der Waals surface area contributed by atoms with E-state index in [0.717, 1.165) is 0 Å². The van der Waals surface area contributed by atoms with E-state index in [-0.39, 0.29) is 18.8 Å². The number of aliphatic hydroxyl groups excluding tert-OH is 1. The summed E-state index contributed by atoms with van der Waals surface area (Å²) in [5, 5.41) is 9.20. The molecule has 0 aromatic heterocycles. The molecule has 0 radical (unpaired) electrons. The molecule has 4 heteroatoms. The topological polar surface area (TPSA) is 46.2 Å². The van der Waals surface area contributed by atoms with Crippen molar-refractivity contribution in [1.29, 1.82) is 0 Å². The third-order valence-electron chi connectivity index (χ3n) is 1.74. The predicted octanol–water partition coefficient (Wildman–Crippen LogP) is 1.45. The molecule has 0 fully saturated rings. The Balaban J connectivity index is 2.77. The van der Waals surface area contributed by atoms with Gasteiger partial charge in [0, 0.05) is 17.4 Å². The largest absolute Gasteiger partial charge is 0.391 e. The van der Waals surface area contributed by atoms with Crippen LogP contribution in [0.2, 0.25) is 0 Å². The van der Waals surface area contributed by atoms with Gasteiger partial charge in [0.1, 0.15) is 5.82 Å². The van der Waals surface area contributed by atoms with E-state index >= 15 is 0 Å². The molecule has 1 rings (SSSR count). The third kappa shape index (κ3) is 3.06. The van der Waals surface area contributed by atoms with E-state index in [0.29, 0.717) is 10.0 Å². The van der Waals surface area contributed by atoms with Crippen molar-refractivity contribution in [3.63, 3.8) is 0 Å². The van der Waals surface area contributed by atoms with Gasteiger partial charge in [-0.3, -0.25) is 0 Å². The lowest BCUT2D eigenvalue weighted by Gasteiger charge is -2.08. The third-order valence-corrected chi connectivity index (χ3v) is 2.24. The fourth-order valence-electron chi connectivity index (χ4n) is 1.02. The second-order valence-corrected chi connectivity index (χ2v) is 3.75. The van der Waals surface area contributed by atoms with Crippen LogP contribution in [-0.2, 0) is 6.42 Å². The summed E-state index contributed by atoms with van der Waals surface area (Å²) in [4.78, 5) is 0. The first-order valence-electron chi connectivity index (χ1n) is 3.95. The van der Waals surface area contributed by atoms with Gasteiger partial charge >= 0.3 is 0 Å². The van der Waals surface area contributed by atoms with Crippen LogP contribution in [0.25, 0.3) is 0 Å². The van der Waals surface area contributed by atoms with Gasteiger partial charge in [-0.25, -0.2) is 4.39 Å².